The summed E-state index contributed by atoms with van der Waals surface area (Å²) < 4.78 is 28.6. The predicted octanol–water partition coefficient (Wildman–Crippen LogP) is 3.24. The molecule has 1 aromatic rings. The van der Waals surface area contributed by atoms with Crippen LogP contribution in [-0.2, 0) is 14.3 Å². The van der Waals surface area contributed by atoms with Gasteiger partial charge in [0, 0.05) is 13.2 Å². The molecule has 0 saturated heterocycles. The Labute approximate surface area is 144 Å². The normalized spacial score (nSPS) is 10.6. The van der Waals surface area contributed by atoms with Crippen LogP contribution in [0.2, 0.25) is 10.0 Å². The van der Waals surface area contributed by atoms with Crippen molar-refractivity contribution in [2.75, 3.05) is 32.2 Å². The third-order valence-electron chi connectivity index (χ3n) is 2.66. The van der Waals surface area contributed by atoms with Crippen molar-refractivity contribution in [2.24, 2.45) is 0 Å². The number of hydrogen-bond donors (Lipinski definition) is 1. The van der Waals surface area contributed by atoms with E-state index < -0.39 is 23.5 Å². The van der Waals surface area contributed by atoms with Crippen molar-refractivity contribution in [1.29, 1.82) is 0 Å². The predicted molar refractivity (Wildman–Crippen MR) is 85.4 cm³/mol. The summed E-state index contributed by atoms with van der Waals surface area (Å²) in [4.78, 5) is 14.9. The number of halogens is 3. The largest absolute Gasteiger partial charge is 0.464 e. The molecule has 0 aliphatic rings. The Bertz CT molecular complexity index is 532. The zero-order chi connectivity index (χ0) is 17.2. The van der Waals surface area contributed by atoms with Crippen molar-refractivity contribution >= 4 is 34.9 Å². The number of ether oxygens (including phenoxy) is 3. The molecule has 0 unspecified atom stereocenters. The third kappa shape index (κ3) is 6.76. The van der Waals surface area contributed by atoms with E-state index in [1.165, 1.54) is 0 Å². The van der Waals surface area contributed by atoms with E-state index in [9.17, 15) is 9.18 Å². The highest BCUT2D eigenvalue weighted by atomic mass is 35.5. The van der Waals surface area contributed by atoms with Crippen LogP contribution in [0.3, 0.4) is 0 Å². The number of nitrogens with zero attached hydrogens (tertiary/aromatic N) is 1. The van der Waals surface area contributed by atoms with Gasteiger partial charge in [0.25, 0.3) is 0 Å². The molecular weight excluding hydrogens is 350 g/mol. The Morgan fingerprint density at radius 3 is 2.61 bits per heavy atom. The number of unbranched alkanes of at least 4 members (excludes halogenated alkanes) is 1. The van der Waals surface area contributed by atoms with E-state index in [2.05, 4.69) is 4.98 Å². The highest BCUT2D eigenvalue weighted by Gasteiger charge is 2.17. The molecule has 0 bridgehead atoms. The van der Waals surface area contributed by atoms with Gasteiger partial charge in [-0.2, -0.15) is 9.37 Å². The molecule has 0 aliphatic heterocycles. The lowest BCUT2D eigenvalue weighted by Gasteiger charge is -2.10. The monoisotopic (exact) mass is 368 g/mol. The Balaban J connectivity index is 2.29. The van der Waals surface area contributed by atoms with Crippen molar-refractivity contribution in [1.82, 2.24) is 4.98 Å². The summed E-state index contributed by atoms with van der Waals surface area (Å²) in [5.41, 5.74) is 5.29. The number of nitrogens with two attached hydrogens (primary N) is 1. The number of pyridine rings is 1. The van der Waals surface area contributed by atoms with Crippen molar-refractivity contribution in [3.8, 4) is 5.88 Å². The van der Waals surface area contributed by atoms with E-state index in [0.29, 0.717) is 13.0 Å². The Morgan fingerprint density at radius 1 is 1.22 bits per heavy atom. The SMILES string of the molecule is CCCOCCCCOC(=O)COc1nc(F)c(Cl)c(N)c1Cl. The smallest absolute Gasteiger partial charge is 0.344 e. The summed E-state index contributed by atoms with van der Waals surface area (Å²) in [7, 11) is 0. The van der Waals surface area contributed by atoms with Gasteiger partial charge in [0.15, 0.2) is 6.61 Å². The molecule has 0 atom stereocenters. The number of carbonyl (C=O) groups excluding carboxylic acids is 1. The van der Waals surface area contributed by atoms with Gasteiger partial charge in [-0.25, -0.2) is 4.79 Å². The number of anilines is 1. The molecule has 1 aromatic heterocycles. The van der Waals surface area contributed by atoms with Gasteiger partial charge in [0.05, 0.1) is 12.3 Å². The average Bonchev–Trinajstić information content (AvgIpc) is 2.54. The molecule has 0 aliphatic carbocycles. The molecule has 130 valence electrons. The maximum Gasteiger partial charge on any atom is 0.344 e. The highest BCUT2D eigenvalue weighted by Crippen LogP contribution is 2.35. The number of aromatic nitrogens is 1. The van der Waals surface area contributed by atoms with Gasteiger partial charge >= 0.3 is 5.97 Å². The molecule has 0 amide bonds. The minimum atomic E-state index is -1.02. The zero-order valence-electron chi connectivity index (χ0n) is 12.7. The first-order valence-electron chi connectivity index (χ1n) is 7.13. The second kappa shape index (κ2) is 10.5. The summed E-state index contributed by atoms with van der Waals surface area (Å²) in [6.45, 7) is 3.17. The maximum atomic E-state index is 13.3. The lowest BCUT2D eigenvalue weighted by molar-refractivity contribution is -0.146. The van der Waals surface area contributed by atoms with Gasteiger partial charge in [-0.3, -0.25) is 0 Å². The average molecular weight is 369 g/mol. The van der Waals surface area contributed by atoms with Gasteiger partial charge in [0.1, 0.15) is 10.0 Å². The van der Waals surface area contributed by atoms with Crippen LogP contribution in [-0.4, -0.2) is 37.4 Å². The molecule has 1 rings (SSSR count). The Hall–Kier alpha value is -1.31. The second-order valence-corrected chi connectivity index (χ2v) is 5.33. The summed E-state index contributed by atoms with van der Waals surface area (Å²) in [5.74, 6) is -1.95. The van der Waals surface area contributed by atoms with Crippen LogP contribution in [0.4, 0.5) is 10.1 Å². The topological polar surface area (TPSA) is 83.7 Å². The molecule has 0 aromatic carbocycles. The fraction of sp³-hybridized carbons (Fsp3) is 0.571. The lowest BCUT2D eigenvalue weighted by Crippen LogP contribution is -2.17. The summed E-state index contributed by atoms with van der Waals surface area (Å²) in [5, 5.41) is -0.549. The number of nitrogen functional groups attached to an aromatic ring is 1. The first-order chi connectivity index (χ1) is 11.0. The van der Waals surface area contributed by atoms with E-state index in [0.717, 1.165) is 19.4 Å². The Morgan fingerprint density at radius 2 is 1.91 bits per heavy atom. The number of carbonyl (C=O) groups is 1. The third-order valence-corrected chi connectivity index (χ3v) is 3.39. The second-order valence-electron chi connectivity index (χ2n) is 4.58. The summed E-state index contributed by atoms with van der Waals surface area (Å²) in [6.07, 6.45) is 2.44. The van der Waals surface area contributed by atoms with Crippen LogP contribution in [0.5, 0.6) is 5.88 Å². The minimum absolute atomic E-state index is 0.155. The number of rotatable bonds is 10. The van der Waals surface area contributed by atoms with Crippen molar-refractivity contribution < 1.29 is 23.4 Å². The molecule has 0 radical (unpaired) electrons. The van der Waals surface area contributed by atoms with Gasteiger partial charge in [0.2, 0.25) is 11.8 Å². The molecule has 0 fully saturated rings. The van der Waals surface area contributed by atoms with E-state index in [1.807, 2.05) is 6.92 Å². The highest BCUT2D eigenvalue weighted by molar-refractivity contribution is 6.39. The van der Waals surface area contributed by atoms with Crippen molar-refractivity contribution in [3.63, 3.8) is 0 Å². The van der Waals surface area contributed by atoms with Crippen LogP contribution in [0, 0.1) is 5.95 Å². The van der Waals surface area contributed by atoms with Crippen LogP contribution >= 0.6 is 23.2 Å². The van der Waals surface area contributed by atoms with Gasteiger partial charge in [-0.1, -0.05) is 30.1 Å². The van der Waals surface area contributed by atoms with Gasteiger partial charge in [-0.05, 0) is 19.3 Å². The molecule has 1 heterocycles. The van der Waals surface area contributed by atoms with Crippen LogP contribution in [0.15, 0.2) is 0 Å². The van der Waals surface area contributed by atoms with Gasteiger partial charge < -0.3 is 19.9 Å². The number of esters is 1. The molecule has 0 saturated carbocycles. The fourth-order valence-corrected chi connectivity index (χ4v) is 1.89. The van der Waals surface area contributed by atoms with Crippen LogP contribution in [0.1, 0.15) is 26.2 Å². The standard InChI is InChI=1S/C14H19Cl2FN2O4/c1-2-5-21-6-3-4-7-22-9(20)8-23-14-11(16)12(18)10(15)13(17)19-14/h2-8H2,1H3,(H2,18,19). The molecule has 2 N–H and O–H groups in total. The van der Waals surface area contributed by atoms with E-state index in [-0.39, 0.29) is 23.2 Å². The quantitative estimate of drug-likeness (QED) is 0.387. The van der Waals surface area contributed by atoms with Crippen molar-refractivity contribution in [2.45, 2.75) is 26.2 Å². The van der Waals surface area contributed by atoms with E-state index in [1.54, 1.807) is 0 Å². The maximum absolute atomic E-state index is 13.3. The summed E-state index contributed by atoms with van der Waals surface area (Å²) >= 11 is 11.4. The molecule has 6 nitrogen and oxygen atoms in total. The first kappa shape index (κ1) is 19.7. The minimum Gasteiger partial charge on any atom is -0.464 e. The molecule has 0 spiro atoms. The first-order valence-corrected chi connectivity index (χ1v) is 7.89. The van der Waals surface area contributed by atoms with Crippen LogP contribution in [0.25, 0.3) is 0 Å². The summed E-state index contributed by atoms with van der Waals surface area (Å²) in [6, 6.07) is 0. The fourth-order valence-electron chi connectivity index (χ4n) is 1.51. The number of hydrogen-bond acceptors (Lipinski definition) is 6. The van der Waals surface area contributed by atoms with Gasteiger partial charge in [-0.15, -0.1) is 0 Å². The lowest BCUT2D eigenvalue weighted by atomic mass is 10.3. The van der Waals surface area contributed by atoms with Crippen LogP contribution < -0.4 is 10.5 Å². The van der Waals surface area contributed by atoms with E-state index >= 15 is 0 Å². The van der Waals surface area contributed by atoms with E-state index in [4.69, 9.17) is 43.1 Å². The molecule has 9 heteroatoms. The van der Waals surface area contributed by atoms with Crippen molar-refractivity contribution in [3.05, 3.63) is 16.0 Å². The molecular formula is C14H19Cl2FN2O4. The molecule has 23 heavy (non-hydrogen) atoms. The Kier molecular flexibility index (Phi) is 8.98. The zero-order valence-corrected chi connectivity index (χ0v) is 14.3.